The van der Waals surface area contributed by atoms with Crippen molar-refractivity contribution < 1.29 is 27.4 Å². The fraction of sp³-hybridized carbons (Fsp3) is 0.375. The monoisotopic (exact) mass is 519 g/mol. The van der Waals surface area contributed by atoms with Crippen molar-refractivity contribution in [3.05, 3.63) is 54.1 Å². The lowest BCUT2D eigenvalue weighted by atomic mass is 10.1. The zero-order valence-corrected chi connectivity index (χ0v) is 20.2. The molecule has 1 saturated heterocycles. The Labute approximate surface area is 209 Å². The third-order valence-corrected chi connectivity index (χ3v) is 7.00. The maximum atomic E-state index is 13.6. The highest BCUT2D eigenvalue weighted by Gasteiger charge is 2.43. The van der Waals surface area contributed by atoms with E-state index in [2.05, 4.69) is 36.8 Å². The highest BCUT2D eigenvalue weighted by atomic mass is 32.2. The number of aromatic nitrogens is 3. The molecule has 2 aliphatic heterocycles. The van der Waals surface area contributed by atoms with Gasteiger partial charge in [0, 0.05) is 17.4 Å². The van der Waals surface area contributed by atoms with Crippen molar-refractivity contribution in [1.82, 2.24) is 19.7 Å². The van der Waals surface area contributed by atoms with E-state index >= 15 is 0 Å². The van der Waals surface area contributed by atoms with Crippen LogP contribution in [0.5, 0.6) is 11.5 Å². The van der Waals surface area contributed by atoms with Gasteiger partial charge < -0.3 is 14.8 Å². The number of anilines is 1. The number of thioether (sulfide) groups is 1. The molecule has 0 radical (unpaired) electrons. The molecule has 3 aromatic rings. The fourth-order valence-corrected chi connectivity index (χ4v) is 5.06. The molecule has 5 rings (SSSR count). The van der Waals surface area contributed by atoms with E-state index in [1.54, 1.807) is 12.1 Å². The minimum atomic E-state index is -3.73. The van der Waals surface area contributed by atoms with Gasteiger partial charge in [0.2, 0.25) is 5.91 Å². The second-order valence-electron chi connectivity index (χ2n) is 8.59. The summed E-state index contributed by atoms with van der Waals surface area (Å²) in [5.41, 5.74) is 0.986. The first-order valence-electron chi connectivity index (χ1n) is 11.6. The predicted molar refractivity (Wildman–Crippen MR) is 127 cm³/mol. The van der Waals surface area contributed by atoms with E-state index in [1.807, 2.05) is 4.57 Å². The lowest BCUT2D eigenvalue weighted by Gasteiger charge is -2.31. The Balaban J connectivity index is 1.32. The number of amides is 1. The van der Waals surface area contributed by atoms with E-state index in [-0.39, 0.29) is 35.0 Å². The third-order valence-electron chi connectivity index (χ3n) is 6.07. The fourth-order valence-electron chi connectivity index (χ4n) is 4.30. The normalized spacial score (nSPS) is 17.7. The van der Waals surface area contributed by atoms with Crippen LogP contribution in [0.3, 0.4) is 0 Å². The Morgan fingerprint density at radius 1 is 1.08 bits per heavy atom. The van der Waals surface area contributed by atoms with Crippen LogP contribution in [0.4, 0.5) is 18.9 Å². The number of piperidine rings is 1. The number of benzene rings is 2. The van der Waals surface area contributed by atoms with E-state index in [0.29, 0.717) is 22.4 Å². The topological polar surface area (TPSA) is 81.5 Å². The Kier molecular flexibility index (Phi) is 6.80. The smallest absolute Gasteiger partial charge is 0.395 e. The highest BCUT2D eigenvalue weighted by molar-refractivity contribution is 7.99. The number of hydrogen-bond acceptors (Lipinski definition) is 7. The Bertz CT molecular complexity index is 1250. The van der Waals surface area contributed by atoms with Crippen LogP contribution in [0.1, 0.15) is 38.1 Å². The summed E-state index contributed by atoms with van der Waals surface area (Å²) in [4.78, 5) is 15.0. The van der Waals surface area contributed by atoms with Gasteiger partial charge in [-0.2, -0.15) is 0 Å². The van der Waals surface area contributed by atoms with Gasteiger partial charge in [-0.1, -0.05) is 18.2 Å². The largest absolute Gasteiger partial charge is 0.586 e. The number of nitrogens with one attached hydrogen (secondary N) is 1. The molecule has 8 nitrogen and oxygen atoms in total. The average Bonchev–Trinajstić information content (AvgIpc) is 3.42. The molecule has 1 N–H and O–H groups in total. The van der Waals surface area contributed by atoms with Crippen molar-refractivity contribution in [3.8, 4) is 17.2 Å². The van der Waals surface area contributed by atoms with Gasteiger partial charge in [-0.3, -0.25) is 14.3 Å². The van der Waals surface area contributed by atoms with Crippen molar-refractivity contribution in [2.45, 2.75) is 43.7 Å². The highest BCUT2D eigenvalue weighted by Crippen LogP contribution is 2.42. The number of carbonyl (C=O) groups excluding carboxylic acids is 1. The predicted octanol–water partition coefficient (Wildman–Crippen LogP) is 5.01. The molecule has 1 unspecified atom stereocenters. The maximum Gasteiger partial charge on any atom is 0.586 e. The van der Waals surface area contributed by atoms with Crippen LogP contribution in [0.2, 0.25) is 0 Å². The minimum Gasteiger partial charge on any atom is -0.395 e. The van der Waals surface area contributed by atoms with Gasteiger partial charge >= 0.3 is 6.29 Å². The number of fused-ring (bicyclic) bond motifs is 1. The zero-order chi connectivity index (χ0) is 25.3. The molecule has 190 valence electrons. The third kappa shape index (κ3) is 5.29. The minimum absolute atomic E-state index is 0.0119. The molecule has 2 aliphatic rings. The molecule has 1 aromatic heterocycles. The molecule has 3 heterocycles. The van der Waals surface area contributed by atoms with Crippen LogP contribution in [0.25, 0.3) is 5.69 Å². The summed E-state index contributed by atoms with van der Waals surface area (Å²) in [6, 6.07) is 10.1. The summed E-state index contributed by atoms with van der Waals surface area (Å²) in [7, 11) is 0. The van der Waals surface area contributed by atoms with Gasteiger partial charge in [-0.15, -0.1) is 19.0 Å². The summed E-state index contributed by atoms with van der Waals surface area (Å²) in [6.45, 7) is 3.99. The molecule has 12 heteroatoms. The van der Waals surface area contributed by atoms with Crippen molar-refractivity contribution in [2.24, 2.45) is 0 Å². The molecule has 1 fully saturated rings. The number of likely N-dealkylation sites (tertiary alicyclic amines) is 1. The summed E-state index contributed by atoms with van der Waals surface area (Å²) in [6.07, 6.45) is -0.285. The summed E-state index contributed by atoms with van der Waals surface area (Å²) in [5.74, 6) is -0.282. The molecule has 2 aromatic carbocycles. The van der Waals surface area contributed by atoms with Crippen LogP contribution < -0.4 is 14.8 Å². The molecular weight excluding hydrogens is 495 g/mol. The number of ether oxygens (including phenoxy) is 2. The Morgan fingerprint density at radius 3 is 2.56 bits per heavy atom. The molecular formula is C24H24F3N5O3S. The molecule has 0 saturated carbocycles. The first-order chi connectivity index (χ1) is 17.3. The van der Waals surface area contributed by atoms with Crippen LogP contribution in [0.15, 0.2) is 47.6 Å². The summed E-state index contributed by atoms with van der Waals surface area (Å²) in [5, 5.41) is 11.9. The standard InChI is InChI=1S/C24H24F3N5O3S/c1-15(31-11-3-2-4-12-31)22-29-30-23(32(22)18-8-5-16(25)6-9-18)36-14-21(33)28-17-7-10-19-20(13-17)35-24(26,27)34-19/h5-10,13,15H,2-4,11-12,14H2,1H3,(H,28,33). The van der Waals surface area contributed by atoms with Crippen molar-refractivity contribution in [2.75, 3.05) is 24.2 Å². The van der Waals surface area contributed by atoms with Crippen molar-refractivity contribution in [1.29, 1.82) is 0 Å². The second kappa shape index (κ2) is 10.0. The molecule has 1 amide bonds. The molecule has 0 bridgehead atoms. The van der Waals surface area contributed by atoms with E-state index in [1.165, 1.54) is 48.5 Å². The van der Waals surface area contributed by atoms with Crippen LogP contribution in [-0.2, 0) is 4.79 Å². The summed E-state index contributed by atoms with van der Waals surface area (Å²) >= 11 is 1.17. The van der Waals surface area contributed by atoms with Crippen LogP contribution in [-0.4, -0.2) is 50.7 Å². The van der Waals surface area contributed by atoms with E-state index in [0.717, 1.165) is 25.9 Å². The SMILES string of the molecule is CC(c1nnc(SCC(=O)Nc2ccc3c(c2)OC(F)(F)O3)n1-c1ccc(F)cc1)N1CCCCC1. The van der Waals surface area contributed by atoms with Crippen molar-refractivity contribution >= 4 is 23.4 Å². The van der Waals surface area contributed by atoms with Crippen LogP contribution >= 0.6 is 11.8 Å². The molecule has 36 heavy (non-hydrogen) atoms. The number of alkyl halides is 2. The van der Waals surface area contributed by atoms with Gasteiger partial charge in [0.15, 0.2) is 22.5 Å². The molecule has 0 spiro atoms. The van der Waals surface area contributed by atoms with Crippen LogP contribution in [0, 0.1) is 5.82 Å². The lowest BCUT2D eigenvalue weighted by Crippen LogP contribution is -2.33. The van der Waals surface area contributed by atoms with Gasteiger partial charge in [0.1, 0.15) is 5.82 Å². The first-order valence-corrected chi connectivity index (χ1v) is 12.6. The Morgan fingerprint density at radius 2 is 1.81 bits per heavy atom. The quantitative estimate of drug-likeness (QED) is 0.440. The lowest BCUT2D eigenvalue weighted by molar-refractivity contribution is -0.286. The second-order valence-corrected chi connectivity index (χ2v) is 9.53. The van der Waals surface area contributed by atoms with Gasteiger partial charge in [0.05, 0.1) is 11.8 Å². The number of hydrogen-bond donors (Lipinski definition) is 1. The number of rotatable bonds is 7. The van der Waals surface area contributed by atoms with Gasteiger partial charge in [-0.05, 0) is 69.3 Å². The molecule has 1 atom stereocenters. The number of halogens is 3. The van der Waals surface area contributed by atoms with Gasteiger partial charge in [-0.25, -0.2) is 4.39 Å². The maximum absolute atomic E-state index is 13.6. The first kappa shape index (κ1) is 24.4. The number of carbonyl (C=O) groups is 1. The summed E-state index contributed by atoms with van der Waals surface area (Å²) < 4.78 is 50.7. The number of nitrogens with zero attached hydrogens (tertiary/aromatic N) is 4. The zero-order valence-electron chi connectivity index (χ0n) is 19.4. The van der Waals surface area contributed by atoms with Gasteiger partial charge in [0.25, 0.3) is 0 Å². The van der Waals surface area contributed by atoms with E-state index < -0.39 is 6.29 Å². The average molecular weight is 520 g/mol. The van der Waals surface area contributed by atoms with E-state index in [4.69, 9.17) is 0 Å². The molecule has 0 aliphatic carbocycles. The Hall–Kier alpha value is -3.25. The van der Waals surface area contributed by atoms with Crippen molar-refractivity contribution in [3.63, 3.8) is 0 Å². The van der Waals surface area contributed by atoms with E-state index in [9.17, 15) is 18.0 Å².